The summed E-state index contributed by atoms with van der Waals surface area (Å²) in [5.41, 5.74) is 2.84. The van der Waals surface area contributed by atoms with Gasteiger partial charge in [0.1, 0.15) is 6.10 Å². The lowest BCUT2D eigenvalue weighted by Crippen LogP contribution is -2.49. The van der Waals surface area contributed by atoms with Crippen LogP contribution in [0.3, 0.4) is 0 Å². The number of esters is 1. The van der Waals surface area contributed by atoms with E-state index in [2.05, 4.69) is 0 Å². The molecule has 1 fully saturated rings. The number of rotatable bonds is 14. The minimum Gasteiger partial charge on any atom is -0.453 e. The van der Waals surface area contributed by atoms with Gasteiger partial charge in [0, 0.05) is 25.5 Å². The summed E-state index contributed by atoms with van der Waals surface area (Å²) in [4.78, 5) is 68.6. The van der Waals surface area contributed by atoms with Crippen molar-refractivity contribution < 1.29 is 38.6 Å². The number of aryl methyl sites for hydroxylation is 1. The maximum absolute atomic E-state index is 14.4. The van der Waals surface area contributed by atoms with Crippen LogP contribution in [0.2, 0.25) is 0 Å². The second-order valence-electron chi connectivity index (χ2n) is 11.4. The summed E-state index contributed by atoms with van der Waals surface area (Å²) in [6.45, 7) is 4.60. The van der Waals surface area contributed by atoms with Crippen LogP contribution in [0.5, 0.6) is 0 Å². The highest BCUT2D eigenvalue weighted by atomic mass is 16.6. The van der Waals surface area contributed by atoms with Crippen LogP contribution in [0, 0.1) is 12.8 Å². The van der Waals surface area contributed by atoms with Crippen molar-refractivity contribution >= 4 is 35.1 Å². The minimum atomic E-state index is -1.65. The first-order valence-corrected chi connectivity index (χ1v) is 15.4. The summed E-state index contributed by atoms with van der Waals surface area (Å²) < 4.78 is 11.2. The quantitative estimate of drug-likeness (QED) is 0.140. The number of imide groups is 1. The third-order valence-electron chi connectivity index (χ3n) is 7.92. The molecular weight excluding hydrogens is 586 g/mol. The van der Waals surface area contributed by atoms with Crippen LogP contribution < -0.4 is 0 Å². The average Bonchev–Trinajstić information content (AvgIpc) is 3.35. The van der Waals surface area contributed by atoms with Crippen LogP contribution in [0.25, 0.3) is 5.57 Å². The molecule has 3 aromatic rings. The fourth-order valence-corrected chi connectivity index (χ4v) is 5.63. The number of aliphatic hydroxyl groups excluding tert-OH is 1. The number of Topliss-reactive ketones (excluding diaryl/α,β-unsaturated/α-hetero) is 1. The van der Waals surface area contributed by atoms with Crippen molar-refractivity contribution in [2.24, 2.45) is 5.92 Å². The largest absolute Gasteiger partial charge is 0.453 e. The number of hydrogen-bond acceptors (Lipinski definition) is 8. The Bertz CT molecular complexity index is 1580. The Kier molecular flexibility index (Phi) is 11.8. The Morgan fingerprint density at radius 2 is 1.63 bits per heavy atom. The van der Waals surface area contributed by atoms with Gasteiger partial charge in [-0.1, -0.05) is 90.5 Å². The van der Waals surface area contributed by atoms with Crippen molar-refractivity contribution in [3.05, 3.63) is 113 Å². The Morgan fingerprint density at radius 1 is 0.957 bits per heavy atom. The summed E-state index contributed by atoms with van der Waals surface area (Å²) in [7, 11) is 0. The van der Waals surface area contributed by atoms with Crippen LogP contribution >= 0.6 is 0 Å². The fourth-order valence-electron chi connectivity index (χ4n) is 5.63. The molecule has 0 saturated carbocycles. The van der Waals surface area contributed by atoms with Gasteiger partial charge in [0.15, 0.2) is 17.7 Å². The number of allylic oxidation sites excluding steroid dienone is 1. The number of benzene rings is 3. The first kappa shape index (κ1) is 34.0. The molecule has 9 nitrogen and oxygen atoms in total. The second kappa shape index (κ2) is 15.9. The molecule has 240 valence electrons. The number of unbranched alkanes of at least 4 members (excludes halogenated alkanes) is 1. The molecule has 1 aliphatic heterocycles. The van der Waals surface area contributed by atoms with E-state index in [4.69, 9.17) is 9.47 Å². The van der Waals surface area contributed by atoms with Crippen molar-refractivity contribution in [1.29, 1.82) is 0 Å². The lowest BCUT2D eigenvalue weighted by Gasteiger charge is -2.29. The first-order valence-electron chi connectivity index (χ1n) is 15.4. The fraction of sp³-hybridized carbons (Fsp3) is 0.324. The van der Waals surface area contributed by atoms with Crippen molar-refractivity contribution in [1.82, 2.24) is 4.90 Å². The number of amides is 2. The Hall–Kier alpha value is -4.89. The van der Waals surface area contributed by atoms with E-state index in [-0.39, 0.29) is 30.8 Å². The smallest absolute Gasteiger partial charge is 0.417 e. The number of ether oxygens (including phenoxy) is 2. The number of nitrogens with zero attached hydrogens (tertiary/aromatic N) is 1. The standard InChI is InChI=1S/C37H39NO8/c1-24-13-12-18-29(21-24)30(32(41)19-10-11-20-39)23-33(42)35(45-26(3)40)31(22-27-14-6-4-7-15-27)36(43)38-25(2)34(46-37(38)44)28-16-8-5-9-17-28/h4-9,12-18,21,23,25,31,34-35,39H,10-11,19-20,22H2,1-3H3/t25-,31-,34-,35-/m1/s1. The van der Waals surface area contributed by atoms with E-state index in [1.54, 1.807) is 79.7 Å². The van der Waals surface area contributed by atoms with E-state index in [1.165, 1.54) is 0 Å². The number of cyclic esters (lactones) is 1. The van der Waals surface area contributed by atoms with Gasteiger partial charge in [0.25, 0.3) is 0 Å². The maximum Gasteiger partial charge on any atom is 0.417 e. The van der Waals surface area contributed by atoms with Gasteiger partial charge in [0.05, 0.1) is 12.0 Å². The van der Waals surface area contributed by atoms with Gasteiger partial charge < -0.3 is 14.6 Å². The van der Waals surface area contributed by atoms with Gasteiger partial charge in [-0.2, -0.15) is 0 Å². The molecule has 3 aromatic carbocycles. The van der Waals surface area contributed by atoms with E-state index in [9.17, 15) is 29.1 Å². The van der Waals surface area contributed by atoms with Gasteiger partial charge in [0.2, 0.25) is 5.91 Å². The van der Waals surface area contributed by atoms with Crippen LogP contribution in [0.1, 0.15) is 61.5 Å². The van der Waals surface area contributed by atoms with Gasteiger partial charge in [-0.05, 0) is 55.9 Å². The van der Waals surface area contributed by atoms with Gasteiger partial charge >= 0.3 is 12.1 Å². The summed E-state index contributed by atoms with van der Waals surface area (Å²) in [6.07, 6.45) is -1.25. The van der Waals surface area contributed by atoms with Crippen molar-refractivity contribution in [2.75, 3.05) is 6.61 Å². The molecule has 0 spiro atoms. The molecular formula is C37H39NO8. The van der Waals surface area contributed by atoms with Crippen molar-refractivity contribution in [3.8, 4) is 0 Å². The van der Waals surface area contributed by atoms with E-state index >= 15 is 0 Å². The Labute approximate surface area is 268 Å². The Balaban J connectivity index is 1.77. The van der Waals surface area contributed by atoms with Crippen LogP contribution in [-0.4, -0.2) is 58.3 Å². The molecule has 46 heavy (non-hydrogen) atoms. The molecule has 0 aliphatic carbocycles. The molecule has 0 unspecified atom stereocenters. The molecule has 1 heterocycles. The molecule has 4 atom stereocenters. The zero-order valence-corrected chi connectivity index (χ0v) is 26.3. The molecule has 2 amide bonds. The number of hydrogen-bond donors (Lipinski definition) is 1. The van der Waals surface area contributed by atoms with E-state index in [1.807, 2.05) is 19.1 Å². The normalized spacial score (nSPS) is 17.6. The molecule has 0 bridgehead atoms. The predicted octanol–water partition coefficient (Wildman–Crippen LogP) is 5.58. The number of carbonyl (C=O) groups excluding carboxylic acids is 5. The molecule has 0 radical (unpaired) electrons. The van der Waals surface area contributed by atoms with E-state index < -0.39 is 47.9 Å². The predicted molar refractivity (Wildman–Crippen MR) is 171 cm³/mol. The maximum atomic E-state index is 14.4. The molecule has 1 saturated heterocycles. The lowest BCUT2D eigenvalue weighted by atomic mass is 9.87. The highest BCUT2D eigenvalue weighted by Gasteiger charge is 2.48. The summed E-state index contributed by atoms with van der Waals surface area (Å²) >= 11 is 0. The third-order valence-corrected chi connectivity index (χ3v) is 7.92. The topological polar surface area (TPSA) is 127 Å². The van der Waals surface area contributed by atoms with Crippen LogP contribution in [-0.2, 0) is 35.1 Å². The minimum absolute atomic E-state index is 0.0338. The lowest BCUT2D eigenvalue weighted by molar-refractivity contribution is -0.158. The SMILES string of the molecule is CC(=O)O[C@@H](C(=O)C=C(C(=O)CCCCO)c1cccc(C)c1)[C@@H](Cc1ccccc1)C(=O)N1C(=O)O[C@@H](c2ccccc2)[C@H]1C. The molecule has 9 heteroatoms. The average molecular weight is 626 g/mol. The van der Waals surface area contributed by atoms with Gasteiger partial charge in [-0.3, -0.25) is 19.2 Å². The van der Waals surface area contributed by atoms with Gasteiger partial charge in [-0.25, -0.2) is 9.69 Å². The highest BCUT2D eigenvalue weighted by Crippen LogP contribution is 2.35. The number of aliphatic hydroxyl groups is 1. The highest BCUT2D eigenvalue weighted by molar-refractivity contribution is 6.25. The molecule has 1 N–H and O–H groups in total. The van der Waals surface area contributed by atoms with E-state index in [0.29, 0.717) is 29.5 Å². The number of carbonyl (C=O) groups is 5. The monoisotopic (exact) mass is 625 g/mol. The van der Waals surface area contributed by atoms with Crippen LogP contribution in [0.4, 0.5) is 4.79 Å². The second-order valence-corrected chi connectivity index (χ2v) is 11.4. The molecule has 1 aliphatic rings. The number of ketones is 2. The third kappa shape index (κ3) is 8.43. The van der Waals surface area contributed by atoms with Crippen molar-refractivity contribution in [2.45, 2.75) is 64.7 Å². The summed E-state index contributed by atoms with van der Waals surface area (Å²) in [5.74, 6) is -3.95. The molecule has 0 aromatic heterocycles. The van der Waals surface area contributed by atoms with E-state index in [0.717, 1.165) is 23.5 Å². The zero-order chi connectivity index (χ0) is 33.2. The van der Waals surface area contributed by atoms with Crippen LogP contribution in [0.15, 0.2) is 91.0 Å². The van der Waals surface area contributed by atoms with Gasteiger partial charge in [-0.15, -0.1) is 0 Å². The summed E-state index contributed by atoms with van der Waals surface area (Å²) in [6, 6.07) is 24.3. The zero-order valence-electron chi connectivity index (χ0n) is 26.3. The molecule has 4 rings (SSSR count). The Morgan fingerprint density at radius 3 is 2.26 bits per heavy atom. The van der Waals surface area contributed by atoms with Crippen molar-refractivity contribution in [3.63, 3.8) is 0 Å². The first-order chi connectivity index (χ1) is 22.1. The summed E-state index contributed by atoms with van der Waals surface area (Å²) in [5, 5.41) is 9.22.